The maximum Gasteiger partial charge on any atom is 0.212 e. The van der Waals surface area contributed by atoms with Crippen LogP contribution in [0.2, 0.25) is 0 Å². The number of nitrogens with zero attached hydrogens (tertiary/aromatic N) is 1. The van der Waals surface area contributed by atoms with Crippen molar-refractivity contribution in [3.8, 4) is 5.88 Å². The molecule has 0 atom stereocenters. The van der Waals surface area contributed by atoms with Gasteiger partial charge in [-0.3, -0.25) is 0 Å². The highest BCUT2D eigenvalue weighted by molar-refractivity contribution is 9.10. The highest BCUT2D eigenvalue weighted by Crippen LogP contribution is 2.14. The molecular weight excluding hydrogens is 216 g/mol. The van der Waals surface area contributed by atoms with Crippen LogP contribution >= 0.6 is 15.9 Å². The van der Waals surface area contributed by atoms with Crippen LogP contribution in [0.3, 0.4) is 0 Å². The second-order valence-corrected chi connectivity index (χ2v) is 3.52. The molecule has 0 saturated heterocycles. The maximum absolute atomic E-state index is 5.41. The molecule has 1 rings (SSSR count). The Morgan fingerprint density at radius 3 is 2.58 bits per heavy atom. The Hall–Kier alpha value is -0.440. The zero-order valence-corrected chi connectivity index (χ0v) is 8.21. The smallest absolute Gasteiger partial charge is 0.212 e. The first-order valence-corrected chi connectivity index (χ1v) is 4.15. The minimum atomic E-state index is -1.18. The molecule has 1 heterocycles. The van der Waals surface area contributed by atoms with E-state index in [0.29, 0.717) is 5.88 Å². The van der Waals surface area contributed by atoms with Crippen LogP contribution in [-0.4, -0.2) is 26.1 Å². The number of hydrogen-bond donors (Lipinski definition) is 0. The Labute approximate surface area is 82.7 Å². The molecule has 4 radical (unpaired) electrons. The van der Waals surface area contributed by atoms with Gasteiger partial charge in [0, 0.05) is 22.1 Å². The standard InChI is InChI=1S/C7H6B2BrNO/c1-7(8,9)12-6-3-2-5(10)4-11-6/h2-4H,1H3. The van der Waals surface area contributed by atoms with Gasteiger partial charge in [-0.2, -0.15) is 0 Å². The minimum Gasteiger partial charge on any atom is -0.492 e. The summed E-state index contributed by atoms with van der Waals surface area (Å²) in [7, 11) is 10.8. The monoisotopic (exact) mass is 221 g/mol. The molecule has 0 spiro atoms. The highest BCUT2D eigenvalue weighted by Gasteiger charge is 2.10. The lowest BCUT2D eigenvalue weighted by atomic mass is 9.67. The van der Waals surface area contributed by atoms with Crippen molar-refractivity contribution in [1.29, 1.82) is 0 Å². The van der Waals surface area contributed by atoms with Crippen molar-refractivity contribution in [3.63, 3.8) is 0 Å². The van der Waals surface area contributed by atoms with Gasteiger partial charge in [0.25, 0.3) is 0 Å². The third-order valence-corrected chi connectivity index (χ3v) is 1.49. The van der Waals surface area contributed by atoms with Gasteiger partial charge in [-0.1, -0.05) is 0 Å². The number of hydrogen-bond acceptors (Lipinski definition) is 2. The summed E-state index contributed by atoms with van der Waals surface area (Å²) in [6, 6.07) is 3.48. The largest absolute Gasteiger partial charge is 0.492 e. The van der Waals surface area contributed by atoms with E-state index >= 15 is 0 Å². The van der Waals surface area contributed by atoms with E-state index in [1.807, 2.05) is 0 Å². The van der Waals surface area contributed by atoms with Crippen molar-refractivity contribution < 1.29 is 4.74 Å². The fourth-order valence-electron chi connectivity index (χ4n) is 0.648. The summed E-state index contributed by atoms with van der Waals surface area (Å²) >= 11 is 3.24. The molecule has 0 aliphatic heterocycles. The van der Waals surface area contributed by atoms with Crippen molar-refractivity contribution in [3.05, 3.63) is 22.8 Å². The molecular formula is C7H6B2BrNO. The molecule has 58 valence electrons. The summed E-state index contributed by atoms with van der Waals surface area (Å²) < 4.78 is 5.96. The molecule has 0 aliphatic rings. The lowest BCUT2D eigenvalue weighted by molar-refractivity contribution is 0.250. The third kappa shape index (κ3) is 3.30. The molecule has 0 aromatic carbocycles. The Morgan fingerprint density at radius 1 is 1.50 bits per heavy atom. The fourth-order valence-corrected chi connectivity index (χ4v) is 0.882. The Morgan fingerprint density at radius 2 is 2.17 bits per heavy atom. The average Bonchev–Trinajstić information content (AvgIpc) is 1.91. The van der Waals surface area contributed by atoms with Crippen molar-refractivity contribution in [1.82, 2.24) is 4.98 Å². The minimum absolute atomic E-state index is 0.408. The predicted molar refractivity (Wildman–Crippen MR) is 52.5 cm³/mol. The molecule has 1 aromatic rings. The van der Waals surface area contributed by atoms with Gasteiger partial charge in [-0.05, 0) is 28.9 Å². The molecule has 0 N–H and O–H groups in total. The molecule has 0 aliphatic carbocycles. The van der Waals surface area contributed by atoms with Gasteiger partial charge < -0.3 is 4.74 Å². The highest BCUT2D eigenvalue weighted by atomic mass is 79.9. The SMILES string of the molecule is [B]C([B])(C)Oc1ccc(Br)cn1. The number of ether oxygens (including phenoxy) is 1. The number of halogens is 1. The fraction of sp³-hybridized carbons (Fsp3) is 0.286. The van der Waals surface area contributed by atoms with Crippen LogP contribution in [0.25, 0.3) is 0 Å². The van der Waals surface area contributed by atoms with Gasteiger partial charge in [0.15, 0.2) is 0 Å². The zero-order chi connectivity index (χ0) is 9.19. The van der Waals surface area contributed by atoms with Gasteiger partial charge in [0.1, 0.15) is 15.7 Å². The molecule has 0 fully saturated rings. The quantitative estimate of drug-likeness (QED) is 0.701. The lowest BCUT2D eigenvalue weighted by Crippen LogP contribution is -2.33. The molecule has 5 heteroatoms. The van der Waals surface area contributed by atoms with Crippen LogP contribution < -0.4 is 4.74 Å². The lowest BCUT2D eigenvalue weighted by Gasteiger charge is -2.21. The van der Waals surface area contributed by atoms with Gasteiger partial charge in [-0.25, -0.2) is 4.98 Å². The van der Waals surface area contributed by atoms with E-state index in [0.717, 1.165) is 4.47 Å². The second-order valence-electron chi connectivity index (χ2n) is 2.60. The van der Waals surface area contributed by atoms with Crippen LogP contribution in [0.15, 0.2) is 22.8 Å². The van der Waals surface area contributed by atoms with Crippen LogP contribution in [-0.2, 0) is 0 Å². The molecule has 12 heavy (non-hydrogen) atoms. The Balaban J connectivity index is 2.71. The van der Waals surface area contributed by atoms with E-state index in [1.165, 1.54) is 0 Å². The third-order valence-electron chi connectivity index (χ3n) is 1.02. The molecule has 0 saturated carbocycles. The second kappa shape index (κ2) is 3.52. The van der Waals surface area contributed by atoms with Crippen molar-refractivity contribution in [2.75, 3.05) is 0 Å². The number of pyridine rings is 1. The van der Waals surface area contributed by atoms with Crippen molar-refractivity contribution in [2.24, 2.45) is 0 Å². The molecule has 0 amide bonds. The molecule has 0 bridgehead atoms. The first-order chi connectivity index (χ1) is 5.47. The van der Waals surface area contributed by atoms with E-state index in [2.05, 4.69) is 20.9 Å². The van der Waals surface area contributed by atoms with E-state index in [1.54, 1.807) is 25.3 Å². The van der Waals surface area contributed by atoms with Crippen molar-refractivity contribution in [2.45, 2.75) is 12.3 Å². The van der Waals surface area contributed by atoms with Gasteiger partial charge in [0.05, 0.1) is 0 Å². The zero-order valence-electron chi connectivity index (χ0n) is 6.62. The molecule has 2 nitrogen and oxygen atoms in total. The van der Waals surface area contributed by atoms with E-state index in [9.17, 15) is 0 Å². The summed E-state index contributed by atoms with van der Waals surface area (Å²) in [4.78, 5) is 3.93. The molecule has 0 unspecified atom stereocenters. The van der Waals surface area contributed by atoms with Crippen LogP contribution in [0.1, 0.15) is 6.92 Å². The van der Waals surface area contributed by atoms with Gasteiger partial charge in [-0.15, -0.1) is 0 Å². The summed E-state index contributed by atoms with van der Waals surface area (Å²) in [5.74, 6) is 0.408. The summed E-state index contributed by atoms with van der Waals surface area (Å²) in [5, 5.41) is -1.18. The maximum atomic E-state index is 5.41. The van der Waals surface area contributed by atoms with Crippen LogP contribution in [0, 0.1) is 0 Å². The van der Waals surface area contributed by atoms with Crippen molar-refractivity contribution >= 4 is 31.6 Å². The van der Waals surface area contributed by atoms with Gasteiger partial charge >= 0.3 is 0 Å². The first kappa shape index (κ1) is 9.65. The summed E-state index contributed by atoms with van der Waals surface area (Å²) in [6.07, 6.45) is 1.61. The van der Waals surface area contributed by atoms with E-state index in [-0.39, 0.29) is 0 Å². The first-order valence-electron chi connectivity index (χ1n) is 3.36. The Bertz CT molecular complexity index is 257. The number of aromatic nitrogens is 1. The molecule has 1 aromatic heterocycles. The normalized spacial score (nSPS) is 11.2. The predicted octanol–water partition coefficient (Wildman–Crippen LogP) is 1.23. The summed E-state index contributed by atoms with van der Waals surface area (Å²) in [6.45, 7) is 1.55. The van der Waals surface area contributed by atoms with E-state index in [4.69, 9.17) is 20.4 Å². The Kier molecular flexibility index (Phi) is 2.83. The average molecular weight is 222 g/mol. The van der Waals surface area contributed by atoms with Gasteiger partial charge in [0.2, 0.25) is 5.88 Å². The number of rotatable bonds is 2. The van der Waals surface area contributed by atoms with E-state index < -0.39 is 5.40 Å². The topological polar surface area (TPSA) is 22.1 Å². The van der Waals surface area contributed by atoms with Crippen LogP contribution in [0.4, 0.5) is 0 Å². The van der Waals surface area contributed by atoms with Crippen LogP contribution in [0.5, 0.6) is 5.88 Å². The summed E-state index contributed by atoms with van der Waals surface area (Å²) in [5.41, 5.74) is 0.